The van der Waals surface area contributed by atoms with Crippen LogP contribution < -0.4 is 10.5 Å². The number of nitrogens with one attached hydrogen (secondary N) is 1. The van der Waals surface area contributed by atoms with E-state index in [4.69, 9.17) is 4.74 Å². The molecule has 1 unspecified atom stereocenters. The Bertz CT molecular complexity index is 562. The zero-order valence-electron chi connectivity index (χ0n) is 12.6. The highest BCUT2D eigenvalue weighted by Gasteiger charge is 2.45. The molecule has 0 saturated carbocycles. The first-order chi connectivity index (χ1) is 10.0. The first kappa shape index (κ1) is 14.5. The van der Waals surface area contributed by atoms with Crippen LogP contribution in [0.25, 0.3) is 0 Å². The number of anilines is 1. The molecule has 1 atom stereocenters. The Kier molecular flexibility index (Phi) is 3.75. The lowest BCUT2D eigenvalue weighted by Crippen LogP contribution is -2.47. The molecular weight excluding hydrogens is 270 g/mol. The van der Waals surface area contributed by atoms with Gasteiger partial charge in [-0.05, 0) is 18.8 Å². The topological polar surface area (TPSA) is 78.5 Å². The fraction of sp³-hybridized carbons (Fsp3) is 0.733. The van der Waals surface area contributed by atoms with Crippen LogP contribution >= 0.6 is 0 Å². The third-order valence-corrected chi connectivity index (χ3v) is 4.84. The SMILES string of the molecule is CC(C)c1cnc(N2CCC3(CC2)COCC3O)c(=O)[nH]1. The van der Waals surface area contributed by atoms with Crippen molar-refractivity contribution in [3.05, 3.63) is 22.2 Å². The second kappa shape index (κ2) is 5.42. The van der Waals surface area contributed by atoms with Gasteiger partial charge in [0.1, 0.15) is 0 Å². The van der Waals surface area contributed by atoms with Gasteiger partial charge in [0, 0.05) is 30.4 Å². The van der Waals surface area contributed by atoms with E-state index in [1.165, 1.54) is 0 Å². The average Bonchev–Trinajstić information content (AvgIpc) is 2.81. The van der Waals surface area contributed by atoms with E-state index in [-0.39, 0.29) is 23.0 Å². The molecule has 1 aromatic heterocycles. The van der Waals surface area contributed by atoms with Gasteiger partial charge in [0.15, 0.2) is 5.82 Å². The van der Waals surface area contributed by atoms with Crippen molar-refractivity contribution in [3.63, 3.8) is 0 Å². The summed E-state index contributed by atoms with van der Waals surface area (Å²) in [6, 6.07) is 0. The van der Waals surface area contributed by atoms with Crippen LogP contribution in [-0.2, 0) is 4.74 Å². The van der Waals surface area contributed by atoms with Crippen molar-refractivity contribution < 1.29 is 9.84 Å². The maximum Gasteiger partial charge on any atom is 0.291 e. The first-order valence-electron chi connectivity index (χ1n) is 7.62. The van der Waals surface area contributed by atoms with Crippen molar-refractivity contribution in [2.45, 2.75) is 38.7 Å². The van der Waals surface area contributed by atoms with Crippen molar-refractivity contribution in [3.8, 4) is 0 Å². The standard InChI is InChI=1S/C15H23N3O3/c1-10(2)11-7-16-13(14(20)17-11)18-5-3-15(4-6-18)9-21-8-12(15)19/h7,10,12,19H,3-6,8-9H2,1-2H3,(H,17,20). The molecule has 0 radical (unpaired) electrons. The molecule has 21 heavy (non-hydrogen) atoms. The van der Waals surface area contributed by atoms with Crippen molar-refractivity contribution in [2.24, 2.45) is 5.41 Å². The fourth-order valence-corrected chi connectivity index (χ4v) is 3.22. The molecule has 2 aliphatic rings. The molecule has 6 nitrogen and oxygen atoms in total. The lowest BCUT2D eigenvalue weighted by atomic mass is 9.76. The maximum atomic E-state index is 12.2. The highest BCUT2D eigenvalue weighted by atomic mass is 16.5. The van der Waals surface area contributed by atoms with E-state index >= 15 is 0 Å². The molecule has 3 heterocycles. The number of hydrogen-bond donors (Lipinski definition) is 2. The van der Waals surface area contributed by atoms with E-state index in [1.54, 1.807) is 6.20 Å². The van der Waals surface area contributed by atoms with Crippen molar-refractivity contribution in [1.82, 2.24) is 9.97 Å². The molecule has 0 bridgehead atoms. The molecule has 116 valence electrons. The second-order valence-corrected chi connectivity index (χ2v) is 6.53. The minimum absolute atomic E-state index is 0.124. The van der Waals surface area contributed by atoms with Gasteiger partial charge in [-0.1, -0.05) is 13.8 Å². The van der Waals surface area contributed by atoms with Gasteiger partial charge in [-0.2, -0.15) is 0 Å². The van der Waals surface area contributed by atoms with Crippen LogP contribution in [-0.4, -0.2) is 47.5 Å². The average molecular weight is 293 g/mol. The zero-order valence-corrected chi connectivity index (χ0v) is 12.6. The Morgan fingerprint density at radius 2 is 2.19 bits per heavy atom. The number of aliphatic hydroxyl groups is 1. The van der Waals surface area contributed by atoms with Gasteiger partial charge in [-0.3, -0.25) is 4.79 Å². The summed E-state index contributed by atoms with van der Waals surface area (Å²) in [5.41, 5.74) is 0.610. The van der Waals surface area contributed by atoms with Crippen LogP contribution in [0.3, 0.4) is 0 Å². The molecule has 0 aromatic carbocycles. The summed E-state index contributed by atoms with van der Waals surface area (Å²) in [6.45, 7) is 6.58. The van der Waals surface area contributed by atoms with Crippen LogP contribution in [0.5, 0.6) is 0 Å². The second-order valence-electron chi connectivity index (χ2n) is 6.53. The number of rotatable bonds is 2. The third kappa shape index (κ3) is 2.58. The lowest BCUT2D eigenvalue weighted by Gasteiger charge is -2.40. The molecule has 2 fully saturated rings. The molecule has 0 aliphatic carbocycles. The van der Waals surface area contributed by atoms with Crippen molar-refractivity contribution >= 4 is 5.82 Å². The third-order valence-electron chi connectivity index (χ3n) is 4.84. The fourth-order valence-electron chi connectivity index (χ4n) is 3.22. The number of H-pyrrole nitrogens is 1. The van der Waals surface area contributed by atoms with E-state index in [0.29, 0.717) is 19.0 Å². The van der Waals surface area contributed by atoms with Crippen molar-refractivity contribution in [1.29, 1.82) is 0 Å². The Morgan fingerprint density at radius 1 is 1.48 bits per heavy atom. The first-order valence-corrected chi connectivity index (χ1v) is 7.62. The maximum absolute atomic E-state index is 12.2. The van der Waals surface area contributed by atoms with Crippen LogP contribution in [0.2, 0.25) is 0 Å². The number of aromatic nitrogens is 2. The number of piperidine rings is 1. The highest BCUT2D eigenvalue weighted by Crippen LogP contribution is 2.39. The number of ether oxygens (including phenoxy) is 1. The molecule has 3 rings (SSSR count). The summed E-state index contributed by atoms with van der Waals surface area (Å²) >= 11 is 0. The molecule has 1 aromatic rings. The van der Waals surface area contributed by atoms with Gasteiger partial charge in [-0.25, -0.2) is 4.98 Å². The largest absolute Gasteiger partial charge is 0.390 e. The summed E-state index contributed by atoms with van der Waals surface area (Å²) in [5.74, 6) is 0.748. The minimum atomic E-state index is -0.380. The predicted octanol–water partition coefficient (Wildman–Crippen LogP) is 0.871. The summed E-state index contributed by atoms with van der Waals surface area (Å²) in [4.78, 5) is 21.5. The van der Waals surface area contributed by atoms with Gasteiger partial charge in [0.25, 0.3) is 5.56 Å². The number of nitrogens with zero attached hydrogens (tertiary/aromatic N) is 2. The molecule has 2 saturated heterocycles. The monoisotopic (exact) mass is 293 g/mol. The van der Waals surface area contributed by atoms with Crippen LogP contribution in [0.1, 0.15) is 38.3 Å². The molecule has 1 spiro atoms. The molecule has 2 aliphatic heterocycles. The normalized spacial score (nSPS) is 25.0. The van der Waals surface area contributed by atoms with Crippen molar-refractivity contribution in [2.75, 3.05) is 31.2 Å². The van der Waals surface area contributed by atoms with E-state index in [2.05, 4.69) is 9.97 Å². The number of aliphatic hydroxyl groups excluding tert-OH is 1. The Labute approximate surface area is 124 Å². The lowest BCUT2D eigenvalue weighted by molar-refractivity contribution is 0.0493. The summed E-state index contributed by atoms with van der Waals surface area (Å²) in [5, 5.41) is 10.1. The quantitative estimate of drug-likeness (QED) is 0.846. The number of aromatic amines is 1. The Balaban J connectivity index is 1.74. The van der Waals surface area contributed by atoms with Crippen LogP contribution in [0.15, 0.2) is 11.0 Å². The Hall–Kier alpha value is -1.40. The zero-order chi connectivity index (χ0) is 15.0. The van der Waals surface area contributed by atoms with Gasteiger partial charge in [-0.15, -0.1) is 0 Å². The smallest absolute Gasteiger partial charge is 0.291 e. The van der Waals surface area contributed by atoms with Gasteiger partial charge < -0.3 is 19.7 Å². The molecular formula is C15H23N3O3. The number of hydrogen-bond acceptors (Lipinski definition) is 5. The van der Waals surface area contributed by atoms with Crippen LogP contribution in [0.4, 0.5) is 5.82 Å². The van der Waals surface area contributed by atoms with E-state index in [0.717, 1.165) is 31.6 Å². The van der Waals surface area contributed by atoms with Gasteiger partial charge in [0.05, 0.1) is 19.3 Å². The van der Waals surface area contributed by atoms with Gasteiger partial charge in [0.2, 0.25) is 0 Å². The summed E-state index contributed by atoms with van der Waals surface area (Å²) < 4.78 is 5.40. The van der Waals surface area contributed by atoms with E-state index in [9.17, 15) is 9.90 Å². The van der Waals surface area contributed by atoms with Gasteiger partial charge >= 0.3 is 0 Å². The van der Waals surface area contributed by atoms with E-state index in [1.807, 2.05) is 18.7 Å². The predicted molar refractivity (Wildman–Crippen MR) is 79.7 cm³/mol. The van der Waals surface area contributed by atoms with E-state index < -0.39 is 0 Å². The summed E-state index contributed by atoms with van der Waals surface area (Å²) in [7, 11) is 0. The molecule has 2 N–H and O–H groups in total. The summed E-state index contributed by atoms with van der Waals surface area (Å²) in [6.07, 6.45) is 3.04. The Morgan fingerprint density at radius 3 is 2.71 bits per heavy atom. The minimum Gasteiger partial charge on any atom is -0.390 e. The highest BCUT2D eigenvalue weighted by molar-refractivity contribution is 5.37. The van der Waals surface area contributed by atoms with Crippen LogP contribution in [0, 0.1) is 5.41 Å². The molecule has 6 heteroatoms. The molecule has 0 amide bonds.